The molecule has 0 radical (unpaired) electrons. The summed E-state index contributed by atoms with van der Waals surface area (Å²) in [6.45, 7) is 1.86. The minimum absolute atomic E-state index is 0.00421. The van der Waals surface area contributed by atoms with E-state index in [0.717, 1.165) is 5.69 Å². The first-order valence-electron chi connectivity index (χ1n) is 4.83. The first-order chi connectivity index (χ1) is 8.19. The summed E-state index contributed by atoms with van der Waals surface area (Å²) in [7, 11) is 0. The normalized spacial score (nSPS) is 11.5. The van der Waals surface area contributed by atoms with E-state index < -0.39 is 0 Å². The smallest absolute Gasteiger partial charge is 0.240 e. The van der Waals surface area contributed by atoms with E-state index in [2.05, 4.69) is 20.3 Å². The molecule has 7 heteroatoms. The van der Waals surface area contributed by atoms with Crippen LogP contribution in [0.5, 0.6) is 11.8 Å². The molecule has 0 fully saturated rings. The van der Waals surface area contributed by atoms with Crippen LogP contribution in [0.4, 0.5) is 0 Å². The predicted molar refractivity (Wildman–Crippen MR) is 60.1 cm³/mol. The third-order valence-corrected chi connectivity index (χ3v) is 2.03. The molecule has 0 aliphatic heterocycles. The fourth-order valence-corrected chi connectivity index (χ4v) is 1.23. The number of ether oxygens (including phenoxy) is 1. The molecule has 2 heterocycles. The van der Waals surface area contributed by atoms with Crippen LogP contribution in [0.1, 0.15) is 11.3 Å². The van der Waals surface area contributed by atoms with Crippen molar-refractivity contribution in [3.05, 3.63) is 35.7 Å². The van der Waals surface area contributed by atoms with Gasteiger partial charge in [0.05, 0.1) is 0 Å². The van der Waals surface area contributed by atoms with Crippen LogP contribution < -0.4 is 10.5 Å². The van der Waals surface area contributed by atoms with Gasteiger partial charge in [-0.3, -0.25) is 5.10 Å². The highest BCUT2D eigenvalue weighted by Crippen LogP contribution is 2.18. The maximum Gasteiger partial charge on any atom is 0.240 e. The van der Waals surface area contributed by atoms with Crippen molar-refractivity contribution in [3.63, 3.8) is 0 Å². The number of hydrogen-bond acceptors (Lipinski definition) is 5. The number of aryl methyl sites for hydroxylation is 1. The van der Waals surface area contributed by atoms with Crippen LogP contribution in [-0.4, -0.2) is 26.2 Å². The van der Waals surface area contributed by atoms with Gasteiger partial charge in [-0.05, 0) is 13.0 Å². The average Bonchev–Trinajstić information content (AvgIpc) is 2.74. The zero-order valence-electron chi connectivity index (χ0n) is 9.08. The molecule has 4 N–H and O–H groups in total. The van der Waals surface area contributed by atoms with Gasteiger partial charge in [-0.15, -0.1) is 5.10 Å². The first-order valence-corrected chi connectivity index (χ1v) is 4.83. The summed E-state index contributed by atoms with van der Waals surface area (Å²) in [5.41, 5.74) is 6.86. The lowest BCUT2D eigenvalue weighted by molar-refractivity contribution is 0.318. The molecule has 0 bridgehead atoms. The number of rotatable bonds is 3. The lowest BCUT2D eigenvalue weighted by Crippen LogP contribution is -2.13. The van der Waals surface area contributed by atoms with Crippen molar-refractivity contribution in [2.75, 3.05) is 0 Å². The van der Waals surface area contributed by atoms with E-state index in [4.69, 9.17) is 15.7 Å². The number of aromatic amines is 1. The Kier molecular flexibility index (Phi) is 2.91. The molecule has 0 amide bonds. The van der Waals surface area contributed by atoms with Gasteiger partial charge in [0, 0.05) is 29.6 Å². The number of nitrogens with one attached hydrogen (secondary N) is 1. The van der Waals surface area contributed by atoms with E-state index in [0.29, 0.717) is 17.3 Å². The standard InChI is InChI=1S/C10H11N5O2/c1-6-4-9(14-13-6)17-8-5-7(2-3-12-8)10(11)15-16/h2-5,16H,1H3,(H2,11,15)(H,13,14). The van der Waals surface area contributed by atoms with E-state index in [1.54, 1.807) is 18.2 Å². The molecule has 0 aliphatic rings. The third-order valence-electron chi connectivity index (χ3n) is 2.03. The van der Waals surface area contributed by atoms with Gasteiger partial charge >= 0.3 is 0 Å². The number of oxime groups is 1. The van der Waals surface area contributed by atoms with E-state index in [1.807, 2.05) is 6.92 Å². The molecule has 0 unspecified atom stereocenters. The van der Waals surface area contributed by atoms with Crippen LogP contribution >= 0.6 is 0 Å². The Morgan fingerprint density at radius 3 is 2.94 bits per heavy atom. The van der Waals surface area contributed by atoms with Crippen LogP contribution in [0.2, 0.25) is 0 Å². The second-order valence-corrected chi connectivity index (χ2v) is 3.36. The monoisotopic (exact) mass is 233 g/mol. The van der Waals surface area contributed by atoms with Gasteiger partial charge in [0.25, 0.3) is 0 Å². The summed E-state index contributed by atoms with van der Waals surface area (Å²) in [5, 5.41) is 18.1. The number of nitrogens with zero attached hydrogens (tertiary/aromatic N) is 3. The maximum absolute atomic E-state index is 8.56. The van der Waals surface area contributed by atoms with Crippen molar-refractivity contribution >= 4 is 5.84 Å². The molecule has 2 rings (SSSR count). The largest absolute Gasteiger partial charge is 0.419 e. The second kappa shape index (κ2) is 4.52. The third kappa shape index (κ3) is 2.51. The fraction of sp³-hybridized carbons (Fsp3) is 0.100. The highest BCUT2D eigenvalue weighted by molar-refractivity contribution is 5.97. The molecule has 0 aliphatic carbocycles. The Bertz CT molecular complexity index is 549. The Hall–Kier alpha value is -2.57. The molecular formula is C10H11N5O2. The zero-order valence-corrected chi connectivity index (χ0v) is 9.08. The molecule has 0 aromatic carbocycles. The van der Waals surface area contributed by atoms with Crippen molar-refractivity contribution in [3.8, 4) is 11.8 Å². The minimum atomic E-state index is -0.00421. The first kappa shape index (κ1) is 10.9. The number of nitrogens with two attached hydrogens (primary N) is 1. The zero-order chi connectivity index (χ0) is 12.3. The summed E-state index contributed by atoms with van der Waals surface area (Å²) in [4.78, 5) is 3.99. The van der Waals surface area contributed by atoms with Crippen LogP contribution in [0.3, 0.4) is 0 Å². The topological polar surface area (TPSA) is 109 Å². The number of H-pyrrole nitrogens is 1. The number of pyridine rings is 1. The molecule has 7 nitrogen and oxygen atoms in total. The molecular weight excluding hydrogens is 222 g/mol. The van der Waals surface area contributed by atoms with E-state index in [9.17, 15) is 0 Å². The Labute approximate surface area is 96.9 Å². The summed E-state index contributed by atoms with van der Waals surface area (Å²) in [6.07, 6.45) is 1.50. The second-order valence-electron chi connectivity index (χ2n) is 3.36. The summed E-state index contributed by atoms with van der Waals surface area (Å²) in [5.74, 6) is 0.725. The quantitative estimate of drug-likeness (QED) is 0.317. The van der Waals surface area contributed by atoms with Gasteiger partial charge in [-0.2, -0.15) is 0 Å². The lowest BCUT2D eigenvalue weighted by atomic mass is 10.2. The van der Waals surface area contributed by atoms with Gasteiger partial charge < -0.3 is 15.7 Å². The summed E-state index contributed by atoms with van der Waals surface area (Å²) >= 11 is 0. The van der Waals surface area contributed by atoms with Crippen molar-refractivity contribution in [1.82, 2.24) is 15.2 Å². The van der Waals surface area contributed by atoms with Gasteiger partial charge in [0.1, 0.15) is 0 Å². The summed E-state index contributed by atoms with van der Waals surface area (Å²) < 4.78 is 5.39. The SMILES string of the molecule is Cc1cc(Oc2cc(/C(N)=N/O)ccn2)n[nH]1. The lowest BCUT2D eigenvalue weighted by Gasteiger charge is -2.02. The average molecular weight is 233 g/mol. The maximum atomic E-state index is 8.56. The number of aromatic nitrogens is 3. The minimum Gasteiger partial charge on any atom is -0.419 e. The van der Waals surface area contributed by atoms with Crippen LogP contribution in [0.25, 0.3) is 0 Å². The number of amidine groups is 1. The molecule has 0 spiro atoms. The highest BCUT2D eigenvalue weighted by Gasteiger charge is 2.05. The van der Waals surface area contributed by atoms with Crippen molar-refractivity contribution < 1.29 is 9.94 Å². The fourth-order valence-electron chi connectivity index (χ4n) is 1.23. The van der Waals surface area contributed by atoms with Crippen molar-refractivity contribution in [2.24, 2.45) is 10.9 Å². The molecule has 88 valence electrons. The van der Waals surface area contributed by atoms with E-state index in [1.165, 1.54) is 6.20 Å². The summed E-state index contributed by atoms with van der Waals surface area (Å²) in [6, 6.07) is 4.90. The van der Waals surface area contributed by atoms with Crippen molar-refractivity contribution in [2.45, 2.75) is 6.92 Å². The molecule has 0 saturated heterocycles. The number of hydrogen-bond donors (Lipinski definition) is 3. The van der Waals surface area contributed by atoms with Gasteiger partial charge in [0.2, 0.25) is 11.8 Å². The Morgan fingerprint density at radius 1 is 1.47 bits per heavy atom. The molecule has 0 saturated carbocycles. The molecule has 2 aromatic heterocycles. The van der Waals surface area contributed by atoms with Gasteiger partial charge in [-0.1, -0.05) is 5.16 Å². The molecule has 0 atom stereocenters. The van der Waals surface area contributed by atoms with Gasteiger partial charge in [-0.25, -0.2) is 4.98 Å². The van der Waals surface area contributed by atoms with E-state index >= 15 is 0 Å². The van der Waals surface area contributed by atoms with Crippen molar-refractivity contribution in [1.29, 1.82) is 0 Å². The van der Waals surface area contributed by atoms with Crippen LogP contribution in [-0.2, 0) is 0 Å². The Balaban J connectivity index is 2.22. The predicted octanol–water partition coefficient (Wildman–Crippen LogP) is 1.000. The molecule has 2 aromatic rings. The van der Waals surface area contributed by atoms with Gasteiger partial charge in [0.15, 0.2) is 5.84 Å². The van der Waals surface area contributed by atoms with Crippen LogP contribution in [0, 0.1) is 6.92 Å². The van der Waals surface area contributed by atoms with E-state index in [-0.39, 0.29) is 5.84 Å². The van der Waals surface area contributed by atoms with Crippen LogP contribution in [0.15, 0.2) is 29.6 Å². The highest BCUT2D eigenvalue weighted by atomic mass is 16.5. The molecule has 17 heavy (non-hydrogen) atoms. The Morgan fingerprint density at radius 2 is 2.29 bits per heavy atom.